The van der Waals surface area contributed by atoms with E-state index < -0.39 is 0 Å². The van der Waals surface area contributed by atoms with E-state index >= 15 is 0 Å². The highest BCUT2D eigenvalue weighted by Crippen LogP contribution is 2.42. The van der Waals surface area contributed by atoms with Crippen molar-refractivity contribution in [2.24, 2.45) is 0 Å². The van der Waals surface area contributed by atoms with Crippen LogP contribution in [0.2, 0.25) is 0 Å². The Balaban J connectivity index is 1.41. The molecule has 0 fully saturated rings. The molecule has 0 atom stereocenters. The monoisotopic (exact) mass is 438 g/mol. The molecule has 5 aromatic carbocycles. The molecule has 1 aromatic heterocycles. The molecule has 0 amide bonds. The van der Waals surface area contributed by atoms with Crippen LogP contribution in [0.1, 0.15) is 11.1 Å². The Bertz CT molecular complexity index is 1700. The van der Waals surface area contributed by atoms with Gasteiger partial charge in [-0.05, 0) is 89.3 Å². The van der Waals surface area contributed by atoms with Gasteiger partial charge < -0.3 is 15.0 Å². The highest BCUT2D eigenvalue weighted by molar-refractivity contribution is 6.08. The maximum Gasteiger partial charge on any atom is 0.115 e. The molecule has 3 nitrogen and oxygen atoms in total. The number of nitrogens with zero attached hydrogens (tertiary/aromatic N) is 1. The van der Waals surface area contributed by atoms with Crippen molar-refractivity contribution < 1.29 is 5.11 Å². The SMILES string of the molecule is Oc1ccc(N(c2ccc3c(c2)Cc2ccccc2-3)c2ccc3[nH]c4ccccc4c3c2)cc1. The molecular weight excluding hydrogens is 416 g/mol. The Labute approximate surface area is 197 Å². The molecule has 7 rings (SSSR count). The third kappa shape index (κ3) is 2.91. The van der Waals surface area contributed by atoms with Crippen LogP contribution in [0, 0.1) is 0 Å². The number of aromatic hydroxyl groups is 1. The highest BCUT2D eigenvalue weighted by atomic mass is 16.3. The number of aromatic nitrogens is 1. The van der Waals surface area contributed by atoms with Gasteiger partial charge in [0.15, 0.2) is 0 Å². The normalized spacial score (nSPS) is 12.1. The molecule has 2 N–H and O–H groups in total. The van der Waals surface area contributed by atoms with E-state index in [0.717, 1.165) is 34.5 Å². The zero-order chi connectivity index (χ0) is 22.6. The van der Waals surface area contributed by atoms with Gasteiger partial charge in [-0.15, -0.1) is 0 Å². The van der Waals surface area contributed by atoms with Gasteiger partial charge in [-0.25, -0.2) is 0 Å². The van der Waals surface area contributed by atoms with Crippen molar-refractivity contribution in [1.82, 2.24) is 4.98 Å². The number of nitrogens with one attached hydrogen (secondary N) is 1. The molecule has 6 aromatic rings. The quantitative estimate of drug-likeness (QED) is 0.293. The van der Waals surface area contributed by atoms with Crippen LogP contribution in [0.15, 0.2) is 109 Å². The number of para-hydroxylation sites is 1. The largest absolute Gasteiger partial charge is 0.508 e. The van der Waals surface area contributed by atoms with Crippen LogP contribution in [0.3, 0.4) is 0 Å². The minimum absolute atomic E-state index is 0.264. The number of rotatable bonds is 3. The zero-order valence-corrected chi connectivity index (χ0v) is 18.5. The molecule has 34 heavy (non-hydrogen) atoms. The fourth-order valence-corrected chi connectivity index (χ4v) is 5.29. The maximum absolute atomic E-state index is 9.92. The molecular formula is C31H22N2O. The molecule has 0 aliphatic heterocycles. The minimum Gasteiger partial charge on any atom is -0.508 e. The Morgan fingerprint density at radius 2 is 1.24 bits per heavy atom. The minimum atomic E-state index is 0.264. The Morgan fingerprint density at radius 3 is 2.15 bits per heavy atom. The molecule has 0 saturated carbocycles. The average Bonchev–Trinajstić information content (AvgIpc) is 3.43. The molecule has 0 saturated heterocycles. The van der Waals surface area contributed by atoms with E-state index in [1.807, 2.05) is 12.1 Å². The second-order valence-corrected chi connectivity index (χ2v) is 8.93. The summed E-state index contributed by atoms with van der Waals surface area (Å²) in [4.78, 5) is 5.79. The first-order chi connectivity index (χ1) is 16.7. The summed E-state index contributed by atoms with van der Waals surface area (Å²) in [6.45, 7) is 0. The van der Waals surface area contributed by atoms with Gasteiger partial charge in [0.2, 0.25) is 0 Å². The van der Waals surface area contributed by atoms with E-state index in [9.17, 15) is 5.11 Å². The van der Waals surface area contributed by atoms with Crippen molar-refractivity contribution in [3.63, 3.8) is 0 Å². The number of hydrogen-bond donors (Lipinski definition) is 2. The summed E-state index contributed by atoms with van der Waals surface area (Å²) in [7, 11) is 0. The second-order valence-electron chi connectivity index (χ2n) is 8.93. The summed E-state index contributed by atoms with van der Waals surface area (Å²) in [5, 5.41) is 12.3. The number of anilines is 3. The predicted molar refractivity (Wildman–Crippen MR) is 140 cm³/mol. The fraction of sp³-hybridized carbons (Fsp3) is 0.0323. The summed E-state index contributed by atoms with van der Waals surface area (Å²) >= 11 is 0. The Kier molecular flexibility index (Phi) is 4.06. The molecule has 3 heteroatoms. The molecule has 1 heterocycles. The van der Waals surface area contributed by atoms with Gasteiger partial charge in [-0.1, -0.05) is 48.5 Å². The summed E-state index contributed by atoms with van der Waals surface area (Å²) < 4.78 is 0. The number of hydrogen-bond acceptors (Lipinski definition) is 2. The van der Waals surface area contributed by atoms with E-state index in [-0.39, 0.29) is 5.75 Å². The molecule has 1 aliphatic rings. The van der Waals surface area contributed by atoms with E-state index in [1.165, 1.54) is 33.0 Å². The van der Waals surface area contributed by atoms with Gasteiger partial charge >= 0.3 is 0 Å². The van der Waals surface area contributed by atoms with Gasteiger partial charge in [0.25, 0.3) is 0 Å². The van der Waals surface area contributed by atoms with Crippen LogP contribution in [0.4, 0.5) is 17.1 Å². The van der Waals surface area contributed by atoms with Crippen molar-refractivity contribution in [2.45, 2.75) is 6.42 Å². The molecule has 0 bridgehead atoms. The van der Waals surface area contributed by atoms with Crippen LogP contribution in [0.5, 0.6) is 5.75 Å². The van der Waals surface area contributed by atoms with Gasteiger partial charge in [-0.3, -0.25) is 0 Å². The molecule has 162 valence electrons. The zero-order valence-electron chi connectivity index (χ0n) is 18.5. The highest BCUT2D eigenvalue weighted by Gasteiger charge is 2.21. The van der Waals surface area contributed by atoms with E-state index in [0.29, 0.717) is 0 Å². The topological polar surface area (TPSA) is 39.3 Å². The lowest BCUT2D eigenvalue weighted by atomic mass is 10.0. The smallest absolute Gasteiger partial charge is 0.115 e. The first kappa shape index (κ1) is 19.0. The van der Waals surface area contributed by atoms with Gasteiger partial charge in [0.1, 0.15) is 5.75 Å². The van der Waals surface area contributed by atoms with Gasteiger partial charge in [0.05, 0.1) is 0 Å². The summed E-state index contributed by atoms with van der Waals surface area (Å²) in [6, 6.07) is 37.8. The Hall–Kier alpha value is -4.50. The standard InChI is InChI=1S/C31H22N2O/c34-25-13-9-22(10-14-25)33(23-11-15-27-21(18-23)17-20-5-1-2-6-26(20)27)24-12-16-31-29(19-24)28-7-3-4-8-30(28)32-31/h1-16,18-19,32,34H,17H2. The van der Waals surface area contributed by atoms with Crippen molar-refractivity contribution in [2.75, 3.05) is 4.90 Å². The summed E-state index contributed by atoms with van der Waals surface area (Å²) in [5.74, 6) is 0.264. The third-order valence-corrected chi connectivity index (χ3v) is 6.89. The predicted octanol–water partition coefficient (Wildman–Crippen LogP) is 8.07. The molecule has 0 radical (unpaired) electrons. The van der Waals surface area contributed by atoms with Crippen LogP contribution in [0.25, 0.3) is 32.9 Å². The van der Waals surface area contributed by atoms with Crippen LogP contribution < -0.4 is 4.90 Å². The first-order valence-electron chi connectivity index (χ1n) is 11.6. The van der Waals surface area contributed by atoms with Crippen LogP contribution in [-0.2, 0) is 6.42 Å². The fourth-order valence-electron chi connectivity index (χ4n) is 5.29. The lowest BCUT2D eigenvalue weighted by Gasteiger charge is -2.26. The second kappa shape index (κ2) is 7.26. The van der Waals surface area contributed by atoms with Crippen molar-refractivity contribution in [3.8, 4) is 16.9 Å². The van der Waals surface area contributed by atoms with Crippen LogP contribution in [-0.4, -0.2) is 10.1 Å². The summed E-state index contributed by atoms with van der Waals surface area (Å²) in [6.07, 6.45) is 0.949. The molecule has 0 spiro atoms. The van der Waals surface area contributed by atoms with Crippen molar-refractivity contribution >= 4 is 38.9 Å². The van der Waals surface area contributed by atoms with E-state index in [1.54, 1.807) is 12.1 Å². The lowest BCUT2D eigenvalue weighted by Crippen LogP contribution is -2.10. The van der Waals surface area contributed by atoms with Gasteiger partial charge in [0, 0.05) is 38.9 Å². The number of benzene rings is 5. The number of H-pyrrole nitrogens is 1. The average molecular weight is 439 g/mol. The lowest BCUT2D eigenvalue weighted by molar-refractivity contribution is 0.475. The molecule has 1 aliphatic carbocycles. The summed E-state index contributed by atoms with van der Waals surface area (Å²) in [5.41, 5.74) is 10.8. The van der Waals surface area contributed by atoms with Gasteiger partial charge in [-0.2, -0.15) is 0 Å². The number of aromatic amines is 1. The number of fused-ring (bicyclic) bond motifs is 6. The van der Waals surface area contributed by atoms with E-state index in [4.69, 9.17) is 0 Å². The Morgan fingerprint density at radius 1 is 0.559 bits per heavy atom. The van der Waals surface area contributed by atoms with Crippen LogP contribution >= 0.6 is 0 Å². The van der Waals surface area contributed by atoms with Crippen molar-refractivity contribution in [1.29, 1.82) is 0 Å². The first-order valence-corrected chi connectivity index (χ1v) is 11.6. The third-order valence-electron chi connectivity index (χ3n) is 6.89. The molecule has 0 unspecified atom stereocenters. The van der Waals surface area contributed by atoms with E-state index in [2.05, 4.69) is 94.8 Å². The number of phenolic OH excluding ortho intramolecular Hbond substituents is 1. The maximum atomic E-state index is 9.92. The number of phenols is 1. The van der Waals surface area contributed by atoms with Crippen molar-refractivity contribution in [3.05, 3.63) is 120 Å².